The van der Waals surface area contributed by atoms with Crippen LogP contribution in [0.15, 0.2) is 0 Å². The summed E-state index contributed by atoms with van der Waals surface area (Å²) in [4.78, 5) is 13.8. The maximum absolute atomic E-state index is 12.5. The highest BCUT2D eigenvalue weighted by Crippen LogP contribution is 2.37. The lowest BCUT2D eigenvalue weighted by Gasteiger charge is -2.57. The molecule has 1 unspecified atom stereocenters. The monoisotopic (exact) mass is 366 g/mol. The molecular formula is C12H15B3F6N2O2. The Balaban J connectivity index is 3.03. The number of hydrogen-bond donors (Lipinski definition) is 0. The molecule has 13 heteroatoms. The van der Waals surface area contributed by atoms with Crippen molar-refractivity contribution in [2.75, 3.05) is 13.1 Å². The van der Waals surface area contributed by atoms with Crippen molar-refractivity contribution in [2.45, 2.75) is 56.0 Å². The van der Waals surface area contributed by atoms with Crippen molar-refractivity contribution < 1.29 is 35.9 Å². The molecule has 0 aromatic heterocycles. The van der Waals surface area contributed by atoms with E-state index in [4.69, 9.17) is 23.5 Å². The van der Waals surface area contributed by atoms with Gasteiger partial charge in [0.25, 0.3) is 6.10 Å². The van der Waals surface area contributed by atoms with Crippen LogP contribution >= 0.6 is 0 Å². The molecule has 0 N–H and O–H groups in total. The van der Waals surface area contributed by atoms with Crippen molar-refractivity contribution >= 4 is 29.6 Å². The van der Waals surface area contributed by atoms with Crippen LogP contribution in [0.3, 0.4) is 0 Å². The van der Waals surface area contributed by atoms with E-state index < -0.39 is 41.4 Å². The number of nitrogens with zero attached hydrogens (tertiary/aromatic N) is 2. The van der Waals surface area contributed by atoms with Gasteiger partial charge in [-0.15, -0.1) is 0 Å². The minimum Gasteiger partial charge on any atom is -0.426 e. The smallest absolute Gasteiger partial charge is 0.426 e. The summed E-state index contributed by atoms with van der Waals surface area (Å²) in [5, 5.41) is -2.23. The fraction of sp³-hybridized carbons (Fsp3) is 0.917. The molecule has 4 nitrogen and oxygen atoms in total. The molecule has 0 aromatic rings. The first-order chi connectivity index (χ1) is 10.9. The molecule has 0 aromatic carbocycles. The number of carbonyl (C=O) groups is 1. The molecule has 25 heavy (non-hydrogen) atoms. The van der Waals surface area contributed by atoms with Gasteiger partial charge in [0.1, 0.15) is 0 Å². The van der Waals surface area contributed by atoms with Crippen LogP contribution in [0.2, 0.25) is 0 Å². The Hall–Kier alpha value is -0.995. The maximum Gasteiger partial charge on any atom is 0.434 e. The van der Waals surface area contributed by atoms with Crippen LogP contribution in [-0.4, -0.2) is 87.8 Å². The first-order valence-corrected chi connectivity index (χ1v) is 7.12. The van der Waals surface area contributed by atoms with Crippen molar-refractivity contribution in [1.29, 1.82) is 0 Å². The van der Waals surface area contributed by atoms with Crippen molar-refractivity contribution in [3.8, 4) is 0 Å². The Labute approximate surface area is 145 Å². The molecule has 1 amide bonds. The van der Waals surface area contributed by atoms with Gasteiger partial charge in [0.2, 0.25) is 0 Å². The Bertz CT molecular complexity index is 493. The summed E-state index contributed by atoms with van der Waals surface area (Å²) in [6, 6.07) is 0. The SMILES string of the molecule is [B]C1N(C(C)(C)C)CCN(C(=O)OC(C(F)(F)F)C(F)(F)F)C1([B])[B]. The van der Waals surface area contributed by atoms with E-state index in [2.05, 4.69) is 4.74 Å². The van der Waals surface area contributed by atoms with Gasteiger partial charge in [0.15, 0.2) is 0 Å². The highest BCUT2D eigenvalue weighted by atomic mass is 19.4. The van der Waals surface area contributed by atoms with Crippen molar-refractivity contribution in [1.82, 2.24) is 9.80 Å². The summed E-state index contributed by atoms with van der Waals surface area (Å²) in [7, 11) is 17.3. The molecule has 1 atom stereocenters. The number of alkyl halides is 6. The van der Waals surface area contributed by atoms with E-state index in [-0.39, 0.29) is 13.1 Å². The first-order valence-electron chi connectivity index (χ1n) is 7.12. The van der Waals surface area contributed by atoms with Crippen molar-refractivity contribution in [2.24, 2.45) is 0 Å². The molecular weight excluding hydrogens is 351 g/mol. The van der Waals surface area contributed by atoms with Crippen molar-refractivity contribution in [3.05, 3.63) is 0 Å². The van der Waals surface area contributed by atoms with E-state index in [9.17, 15) is 31.1 Å². The molecule has 1 heterocycles. The molecule has 6 radical (unpaired) electrons. The largest absolute Gasteiger partial charge is 0.434 e. The average molecular weight is 366 g/mol. The number of halogens is 6. The number of amides is 1. The van der Waals surface area contributed by atoms with Gasteiger partial charge >= 0.3 is 18.4 Å². The fourth-order valence-electron chi connectivity index (χ4n) is 2.44. The quantitative estimate of drug-likeness (QED) is 0.522. The lowest BCUT2D eigenvalue weighted by Crippen LogP contribution is -2.73. The second kappa shape index (κ2) is 6.62. The van der Waals surface area contributed by atoms with Crippen LogP contribution in [0, 0.1) is 0 Å². The van der Waals surface area contributed by atoms with E-state index >= 15 is 0 Å². The Kier molecular flexibility index (Phi) is 5.84. The molecule has 1 saturated heterocycles. The second-order valence-corrected chi connectivity index (χ2v) is 6.70. The molecule has 0 spiro atoms. The molecule has 1 rings (SSSR count). The van der Waals surface area contributed by atoms with E-state index in [0.29, 0.717) is 4.90 Å². The predicted molar refractivity (Wildman–Crippen MR) is 79.3 cm³/mol. The summed E-state index contributed by atoms with van der Waals surface area (Å²) < 4.78 is 78.7. The third-order valence-corrected chi connectivity index (χ3v) is 3.74. The summed E-state index contributed by atoms with van der Waals surface area (Å²) in [5.41, 5.74) is -0.556. The Morgan fingerprint density at radius 3 is 1.88 bits per heavy atom. The number of ether oxygens (including phenoxy) is 1. The lowest BCUT2D eigenvalue weighted by atomic mass is 9.50. The lowest BCUT2D eigenvalue weighted by molar-refractivity contribution is -0.308. The van der Waals surface area contributed by atoms with E-state index in [1.807, 2.05) is 0 Å². The maximum atomic E-state index is 12.5. The molecule has 1 aliphatic heterocycles. The number of rotatable bonds is 1. The Morgan fingerprint density at radius 1 is 1.08 bits per heavy atom. The standard InChI is InChI=1S/C12H15B3F6N2O2/c1-9(2,3)22-4-5-23(10(14,15)7(22)13)8(24)25-6(11(16,17)18)12(19,20)21/h6-7H,4-5H2,1-3H3. The van der Waals surface area contributed by atoms with Gasteiger partial charge < -0.3 is 14.5 Å². The van der Waals surface area contributed by atoms with Gasteiger partial charge in [-0.05, 0) is 32.1 Å². The topological polar surface area (TPSA) is 32.8 Å². The molecule has 1 fully saturated rings. The molecule has 0 bridgehead atoms. The molecule has 0 aliphatic carbocycles. The van der Waals surface area contributed by atoms with Crippen molar-refractivity contribution in [3.63, 3.8) is 0 Å². The second-order valence-electron chi connectivity index (χ2n) is 6.70. The number of hydrogen-bond acceptors (Lipinski definition) is 3. The van der Waals surface area contributed by atoms with Crippen LogP contribution in [0.4, 0.5) is 31.1 Å². The van der Waals surface area contributed by atoms with Gasteiger partial charge in [-0.2, -0.15) is 26.3 Å². The predicted octanol–water partition coefficient (Wildman–Crippen LogP) is 1.52. The zero-order valence-electron chi connectivity index (χ0n) is 13.8. The summed E-state index contributed by atoms with van der Waals surface area (Å²) in [6.45, 7) is 4.92. The van der Waals surface area contributed by atoms with Gasteiger partial charge in [0.05, 0.1) is 23.5 Å². The van der Waals surface area contributed by atoms with Crippen LogP contribution in [-0.2, 0) is 4.74 Å². The molecule has 0 saturated carbocycles. The van der Waals surface area contributed by atoms with E-state index in [1.54, 1.807) is 25.7 Å². The highest BCUT2D eigenvalue weighted by Gasteiger charge is 2.60. The third kappa shape index (κ3) is 4.80. The van der Waals surface area contributed by atoms with E-state index in [1.165, 1.54) is 0 Å². The number of piperazine rings is 1. The van der Waals surface area contributed by atoms with Gasteiger partial charge in [-0.3, -0.25) is 0 Å². The third-order valence-electron chi connectivity index (χ3n) is 3.74. The summed E-state index contributed by atoms with van der Waals surface area (Å²) in [5.74, 6) is -1.25. The summed E-state index contributed by atoms with van der Waals surface area (Å²) >= 11 is 0. The van der Waals surface area contributed by atoms with Gasteiger partial charge in [-0.1, -0.05) is 0 Å². The fourth-order valence-corrected chi connectivity index (χ4v) is 2.44. The van der Waals surface area contributed by atoms with Gasteiger partial charge in [0, 0.05) is 18.6 Å². The first kappa shape index (κ1) is 22.0. The minimum absolute atomic E-state index is 0.0264. The molecule has 1 aliphatic rings. The van der Waals surface area contributed by atoms with Crippen LogP contribution < -0.4 is 0 Å². The molecule has 136 valence electrons. The van der Waals surface area contributed by atoms with Crippen LogP contribution in [0.25, 0.3) is 0 Å². The zero-order chi connectivity index (χ0) is 20.0. The Morgan fingerprint density at radius 2 is 1.52 bits per heavy atom. The van der Waals surface area contributed by atoms with Crippen LogP contribution in [0.1, 0.15) is 20.8 Å². The summed E-state index contributed by atoms with van der Waals surface area (Å²) in [6.07, 6.45) is -17.9. The zero-order valence-corrected chi connectivity index (χ0v) is 13.8. The average Bonchev–Trinajstić information content (AvgIpc) is 2.34. The normalized spacial score (nSPS) is 23.0. The van der Waals surface area contributed by atoms with Gasteiger partial charge in [-0.25, -0.2) is 4.79 Å². The van der Waals surface area contributed by atoms with Crippen LogP contribution in [0.5, 0.6) is 0 Å². The number of carbonyl (C=O) groups excluding carboxylic acids is 1. The van der Waals surface area contributed by atoms with E-state index in [0.717, 1.165) is 0 Å². The highest BCUT2D eigenvalue weighted by molar-refractivity contribution is 6.44. The minimum atomic E-state index is -5.84.